The molecule has 1 heterocycles. The van der Waals surface area contributed by atoms with Crippen molar-refractivity contribution in [2.75, 3.05) is 0 Å². The van der Waals surface area contributed by atoms with Crippen molar-refractivity contribution in [1.29, 1.82) is 0 Å². The molecule has 0 bridgehead atoms. The van der Waals surface area contributed by atoms with Gasteiger partial charge in [-0.05, 0) is 37.6 Å². The van der Waals surface area contributed by atoms with Gasteiger partial charge >= 0.3 is 11.9 Å². The molecule has 27 heavy (non-hydrogen) atoms. The van der Waals surface area contributed by atoms with Gasteiger partial charge in [0.05, 0.1) is 11.7 Å². The highest BCUT2D eigenvalue weighted by molar-refractivity contribution is 5.87. The lowest BCUT2D eigenvalue weighted by molar-refractivity contribution is -0.148. The molecule has 0 aliphatic rings. The Kier molecular flexibility index (Phi) is 7.14. The van der Waals surface area contributed by atoms with Crippen LogP contribution in [0.4, 0.5) is 0 Å². The van der Waals surface area contributed by atoms with Crippen LogP contribution < -0.4 is 5.73 Å². The Morgan fingerprint density at radius 3 is 2.30 bits per heavy atom. The summed E-state index contributed by atoms with van der Waals surface area (Å²) in [5.74, 6) is -1.23. The highest BCUT2D eigenvalue weighted by Crippen LogP contribution is 2.19. The Morgan fingerprint density at radius 1 is 1.07 bits per heavy atom. The molecule has 0 spiro atoms. The Balaban J connectivity index is 0.000000244. The van der Waals surface area contributed by atoms with Gasteiger partial charge in [-0.3, -0.25) is 4.79 Å². The third-order valence-electron chi connectivity index (χ3n) is 3.79. The number of carboxylic acids is 1. The second-order valence-corrected chi connectivity index (χ2v) is 6.33. The van der Waals surface area contributed by atoms with E-state index in [1.54, 1.807) is 30.3 Å². The number of carboxylic acid groups (broad SMARTS) is 1. The van der Waals surface area contributed by atoms with Crippen LogP contribution in [0.5, 0.6) is 0 Å². The first-order chi connectivity index (χ1) is 12.9. The molecule has 6 heteroatoms. The number of carbonyl (C=O) groups excluding carboxylic acids is 1. The van der Waals surface area contributed by atoms with Gasteiger partial charge < -0.3 is 20.6 Å². The van der Waals surface area contributed by atoms with Gasteiger partial charge in [0.1, 0.15) is 6.04 Å². The fourth-order valence-corrected chi connectivity index (χ4v) is 2.52. The lowest BCUT2D eigenvalue weighted by atomic mass is 10.1. The highest BCUT2D eigenvalue weighted by atomic mass is 16.5. The van der Waals surface area contributed by atoms with E-state index < -0.39 is 12.0 Å². The number of H-pyrrole nitrogens is 1. The summed E-state index contributed by atoms with van der Waals surface area (Å²) in [6.45, 7) is 3.63. The second kappa shape index (κ2) is 9.54. The van der Waals surface area contributed by atoms with E-state index in [1.165, 1.54) is 0 Å². The summed E-state index contributed by atoms with van der Waals surface area (Å²) in [6.07, 6.45) is 2.24. The van der Waals surface area contributed by atoms with Crippen molar-refractivity contribution in [3.05, 3.63) is 71.9 Å². The molecule has 3 aromatic rings. The van der Waals surface area contributed by atoms with Gasteiger partial charge in [0.2, 0.25) is 0 Å². The number of aromatic nitrogens is 1. The molecule has 6 nitrogen and oxygen atoms in total. The van der Waals surface area contributed by atoms with Crippen molar-refractivity contribution < 1.29 is 19.4 Å². The van der Waals surface area contributed by atoms with Crippen LogP contribution in [0.1, 0.15) is 29.8 Å². The number of ether oxygens (including phenoxy) is 1. The molecule has 0 radical (unpaired) electrons. The molecule has 0 saturated heterocycles. The zero-order valence-electron chi connectivity index (χ0n) is 15.4. The van der Waals surface area contributed by atoms with Crippen LogP contribution in [0.15, 0.2) is 60.8 Å². The zero-order chi connectivity index (χ0) is 19.8. The number of hydrogen-bond acceptors (Lipinski definition) is 4. The highest BCUT2D eigenvalue weighted by Gasteiger charge is 2.18. The van der Waals surface area contributed by atoms with Crippen LogP contribution in [-0.2, 0) is 16.0 Å². The number of nitrogens with one attached hydrogen (secondary N) is 1. The summed E-state index contributed by atoms with van der Waals surface area (Å²) in [4.78, 5) is 25.0. The van der Waals surface area contributed by atoms with Crippen molar-refractivity contribution in [2.24, 2.45) is 5.73 Å². The Morgan fingerprint density at radius 2 is 1.70 bits per heavy atom. The molecule has 0 fully saturated rings. The van der Waals surface area contributed by atoms with Crippen molar-refractivity contribution in [3.63, 3.8) is 0 Å². The summed E-state index contributed by atoms with van der Waals surface area (Å²) >= 11 is 0. The minimum Gasteiger partial charge on any atom is -0.478 e. The van der Waals surface area contributed by atoms with Gasteiger partial charge in [-0.25, -0.2) is 4.79 Å². The number of para-hydroxylation sites is 1. The summed E-state index contributed by atoms with van der Waals surface area (Å²) in [6, 6.07) is 15.6. The molecule has 142 valence electrons. The molecule has 3 rings (SSSR count). The van der Waals surface area contributed by atoms with Crippen molar-refractivity contribution in [3.8, 4) is 0 Å². The molecule has 0 aliphatic heterocycles. The van der Waals surface area contributed by atoms with E-state index in [0.717, 1.165) is 16.5 Å². The number of rotatable bonds is 5. The first-order valence-corrected chi connectivity index (χ1v) is 8.68. The van der Waals surface area contributed by atoms with Crippen LogP contribution >= 0.6 is 0 Å². The third kappa shape index (κ3) is 5.97. The van der Waals surface area contributed by atoms with Crippen molar-refractivity contribution in [1.82, 2.24) is 4.98 Å². The van der Waals surface area contributed by atoms with Crippen LogP contribution in [0.3, 0.4) is 0 Å². The van der Waals surface area contributed by atoms with E-state index in [9.17, 15) is 9.59 Å². The van der Waals surface area contributed by atoms with E-state index >= 15 is 0 Å². The molecule has 2 aromatic carbocycles. The quantitative estimate of drug-likeness (QED) is 0.599. The topological polar surface area (TPSA) is 105 Å². The first-order valence-electron chi connectivity index (χ1n) is 8.68. The molecular formula is C21H24N2O4. The molecule has 0 saturated carbocycles. The van der Waals surface area contributed by atoms with E-state index in [-0.39, 0.29) is 12.1 Å². The van der Waals surface area contributed by atoms with E-state index in [2.05, 4.69) is 4.98 Å². The third-order valence-corrected chi connectivity index (χ3v) is 3.79. The molecule has 1 unspecified atom stereocenters. The smallest absolute Gasteiger partial charge is 0.335 e. The maximum atomic E-state index is 11.7. The van der Waals surface area contributed by atoms with Gasteiger partial charge in [0.15, 0.2) is 0 Å². The summed E-state index contributed by atoms with van der Waals surface area (Å²) in [5, 5.41) is 9.49. The van der Waals surface area contributed by atoms with Gasteiger partial charge in [0, 0.05) is 23.5 Å². The van der Waals surface area contributed by atoms with Crippen LogP contribution in [-0.4, -0.2) is 34.2 Å². The molecule has 4 N–H and O–H groups in total. The Bertz CT molecular complexity index is 887. The summed E-state index contributed by atoms with van der Waals surface area (Å²) in [5.41, 5.74) is 8.28. The average Bonchev–Trinajstić information content (AvgIpc) is 3.05. The minimum absolute atomic E-state index is 0.133. The van der Waals surface area contributed by atoms with Crippen molar-refractivity contribution in [2.45, 2.75) is 32.4 Å². The maximum absolute atomic E-state index is 11.7. The molecular weight excluding hydrogens is 344 g/mol. The Labute approximate surface area is 158 Å². The number of aromatic amines is 1. The van der Waals surface area contributed by atoms with E-state index in [0.29, 0.717) is 12.0 Å². The average molecular weight is 368 g/mol. The number of esters is 1. The molecule has 1 atom stereocenters. The first kappa shape index (κ1) is 20.2. The predicted octanol–water partition coefficient (Wildman–Crippen LogP) is 3.37. The Hall–Kier alpha value is -3.12. The summed E-state index contributed by atoms with van der Waals surface area (Å²) in [7, 11) is 0. The maximum Gasteiger partial charge on any atom is 0.335 e. The van der Waals surface area contributed by atoms with Gasteiger partial charge in [-0.1, -0.05) is 36.4 Å². The number of benzene rings is 2. The van der Waals surface area contributed by atoms with Crippen LogP contribution in [0.2, 0.25) is 0 Å². The largest absolute Gasteiger partial charge is 0.478 e. The molecule has 0 amide bonds. The zero-order valence-corrected chi connectivity index (χ0v) is 15.4. The monoisotopic (exact) mass is 368 g/mol. The molecule has 1 aromatic heterocycles. The van der Waals surface area contributed by atoms with Gasteiger partial charge in [-0.2, -0.15) is 0 Å². The van der Waals surface area contributed by atoms with Crippen LogP contribution in [0.25, 0.3) is 10.9 Å². The molecule has 0 aliphatic carbocycles. The SMILES string of the molecule is CC(C)OC(=O)C(N)Cc1c[nH]c2ccccc12.O=C(O)c1ccccc1. The lowest BCUT2D eigenvalue weighted by Crippen LogP contribution is -2.35. The fourth-order valence-electron chi connectivity index (χ4n) is 2.52. The van der Waals surface area contributed by atoms with Crippen LogP contribution in [0, 0.1) is 0 Å². The van der Waals surface area contributed by atoms with E-state index in [4.69, 9.17) is 15.6 Å². The number of hydrogen-bond donors (Lipinski definition) is 3. The van der Waals surface area contributed by atoms with Gasteiger partial charge in [0.25, 0.3) is 0 Å². The number of aromatic carboxylic acids is 1. The predicted molar refractivity (Wildman–Crippen MR) is 105 cm³/mol. The standard InChI is InChI=1S/C14H18N2O2.C7H6O2/c1-9(2)18-14(17)12(15)7-10-8-16-13-6-4-3-5-11(10)13;8-7(9)6-4-2-1-3-5-6/h3-6,8-9,12,16H,7,15H2,1-2H3;1-5H,(H,8,9). The minimum atomic E-state index is -0.879. The second-order valence-electron chi connectivity index (χ2n) is 6.33. The lowest BCUT2D eigenvalue weighted by Gasteiger charge is -2.13. The normalized spacial score (nSPS) is 11.6. The summed E-state index contributed by atoms with van der Waals surface area (Å²) < 4.78 is 5.10. The van der Waals surface area contributed by atoms with Crippen molar-refractivity contribution >= 4 is 22.8 Å². The van der Waals surface area contributed by atoms with E-state index in [1.807, 2.05) is 44.3 Å². The number of fused-ring (bicyclic) bond motifs is 1. The van der Waals surface area contributed by atoms with Gasteiger partial charge in [-0.15, -0.1) is 0 Å². The number of nitrogens with two attached hydrogens (primary N) is 1. The number of carbonyl (C=O) groups is 2. The fraction of sp³-hybridized carbons (Fsp3) is 0.238.